The lowest BCUT2D eigenvalue weighted by Gasteiger charge is -2.10. The van der Waals surface area contributed by atoms with Crippen molar-refractivity contribution in [3.8, 4) is 0 Å². The number of anilines is 3. The maximum absolute atomic E-state index is 13.6. The van der Waals surface area contributed by atoms with Crippen LogP contribution in [0.4, 0.5) is 26.0 Å². The zero-order chi connectivity index (χ0) is 13.3. The van der Waals surface area contributed by atoms with E-state index in [4.69, 9.17) is 17.3 Å². The van der Waals surface area contributed by atoms with E-state index in [1.54, 1.807) is 0 Å². The average molecular weight is 270 g/mol. The first-order chi connectivity index (χ1) is 8.47. The van der Waals surface area contributed by atoms with Gasteiger partial charge in [0.05, 0.1) is 16.4 Å². The third-order valence-electron chi connectivity index (χ3n) is 2.39. The SMILES string of the molecule is Cc1cc(F)c(Nc2ncc(Cl)cc2N)cc1F. The minimum absolute atomic E-state index is 0.0281. The van der Waals surface area contributed by atoms with Crippen LogP contribution in [0.25, 0.3) is 0 Å². The van der Waals surface area contributed by atoms with Crippen molar-refractivity contribution in [2.45, 2.75) is 6.92 Å². The molecule has 94 valence electrons. The minimum Gasteiger partial charge on any atom is -0.396 e. The van der Waals surface area contributed by atoms with Crippen LogP contribution in [-0.4, -0.2) is 4.98 Å². The summed E-state index contributed by atoms with van der Waals surface area (Å²) >= 11 is 5.69. The van der Waals surface area contributed by atoms with E-state index in [1.165, 1.54) is 19.2 Å². The molecule has 0 aliphatic heterocycles. The van der Waals surface area contributed by atoms with Crippen LogP contribution >= 0.6 is 11.6 Å². The van der Waals surface area contributed by atoms with E-state index < -0.39 is 11.6 Å². The summed E-state index contributed by atoms with van der Waals surface area (Å²) in [5.74, 6) is -0.863. The summed E-state index contributed by atoms with van der Waals surface area (Å²) in [6, 6.07) is 3.63. The molecule has 18 heavy (non-hydrogen) atoms. The van der Waals surface area contributed by atoms with E-state index in [0.29, 0.717) is 5.02 Å². The second-order valence-corrected chi connectivity index (χ2v) is 4.23. The molecule has 0 aliphatic carbocycles. The van der Waals surface area contributed by atoms with Crippen molar-refractivity contribution in [2.24, 2.45) is 0 Å². The summed E-state index contributed by atoms with van der Waals surface area (Å²) in [5.41, 5.74) is 6.12. The number of nitrogens with one attached hydrogen (secondary N) is 1. The fourth-order valence-electron chi connectivity index (χ4n) is 1.43. The van der Waals surface area contributed by atoms with Crippen LogP contribution in [0.5, 0.6) is 0 Å². The van der Waals surface area contributed by atoms with Gasteiger partial charge in [0.15, 0.2) is 5.82 Å². The zero-order valence-electron chi connectivity index (χ0n) is 9.47. The quantitative estimate of drug-likeness (QED) is 0.875. The first-order valence-electron chi connectivity index (χ1n) is 5.11. The van der Waals surface area contributed by atoms with E-state index in [-0.39, 0.29) is 22.8 Å². The smallest absolute Gasteiger partial charge is 0.153 e. The number of rotatable bonds is 2. The van der Waals surface area contributed by atoms with Gasteiger partial charge in [-0.25, -0.2) is 13.8 Å². The molecule has 0 aliphatic rings. The topological polar surface area (TPSA) is 50.9 Å². The first kappa shape index (κ1) is 12.6. The molecule has 1 aromatic carbocycles. The number of benzene rings is 1. The van der Waals surface area contributed by atoms with Crippen molar-refractivity contribution < 1.29 is 8.78 Å². The number of nitrogens with two attached hydrogens (primary N) is 1. The standard InChI is InChI=1S/C12H10ClF2N3/c1-6-2-9(15)11(4-8(6)14)18-12-10(16)3-7(13)5-17-12/h2-5H,16H2,1H3,(H,17,18). The molecule has 2 aromatic rings. The molecule has 0 atom stereocenters. The molecule has 0 bridgehead atoms. The largest absolute Gasteiger partial charge is 0.396 e. The molecular weight excluding hydrogens is 260 g/mol. The molecule has 3 nitrogen and oxygen atoms in total. The van der Waals surface area contributed by atoms with Crippen LogP contribution in [-0.2, 0) is 0 Å². The van der Waals surface area contributed by atoms with Crippen molar-refractivity contribution in [1.29, 1.82) is 0 Å². The summed E-state index contributed by atoms with van der Waals surface area (Å²) < 4.78 is 27.0. The highest BCUT2D eigenvalue weighted by atomic mass is 35.5. The first-order valence-corrected chi connectivity index (χ1v) is 5.49. The molecule has 0 amide bonds. The van der Waals surface area contributed by atoms with Crippen LogP contribution in [0, 0.1) is 18.6 Å². The van der Waals surface area contributed by atoms with Crippen molar-refractivity contribution in [2.75, 3.05) is 11.1 Å². The Morgan fingerprint density at radius 2 is 1.94 bits per heavy atom. The summed E-state index contributed by atoms with van der Waals surface area (Å²) in [7, 11) is 0. The van der Waals surface area contributed by atoms with Gasteiger partial charge in [-0.15, -0.1) is 0 Å². The van der Waals surface area contributed by atoms with E-state index in [9.17, 15) is 8.78 Å². The highest BCUT2D eigenvalue weighted by Crippen LogP contribution is 2.26. The van der Waals surface area contributed by atoms with Gasteiger partial charge in [-0.3, -0.25) is 0 Å². The molecule has 0 unspecified atom stereocenters. The van der Waals surface area contributed by atoms with Crippen molar-refractivity contribution in [3.63, 3.8) is 0 Å². The predicted molar refractivity (Wildman–Crippen MR) is 68.0 cm³/mol. The Labute approximate surface area is 108 Å². The number of nitrogen functional groups attached to an aromatic ring is 1. The number of pyridine rings is 1. The fourth-order valence-corrected chi connectivity index (χ4v) is 1.60. The number of aromatic nitrogens is 1. The predicted octanol–water partition coefficient (Wildman–Crippen LogP) is 3.65. The summed E-state index contributed by atoms with van der Waals surface area (Å²) in [5, 5.41) is 3.00. The summed E-state index contributed by atoms with van der Waals surface area (Å²) in [6.07, 6.45) is 1.36. The van der Waals surface area contributed by atoms with Gasteiger partial charge in [0, 0.05) is 12.3 Å². The summed E-state index contributed by atoms with van der Waals surface area (Å²) in [4.78, 5) is 3.91. The van der Waals surface area contributed by atoms with Crippen LogP contribution in [0.1, 0.15) is 5.56 Å². The Morgan fingerprint density at radius 1 is 1.22 bits per heavy atom. The van der Waals surface area contributed by atoms with E-state index in [0.717, 1.165) is 12.1 Å². The Morgan fingerprint density at radius 3 is 2.61 bits per heavy atom. The normalized spacial score (nSPS) is 10.4. The molecule has 0 radical (unpaired) electrons. The molecule has 3 N–H and O–H groups in total. The minimum atomic E-state index is -0.579. The van der Waals surface area contributed by atoms with Crippen molar-refractivity contribution in [1.82, 2.24) is 4.98 Å². The average Bonchev–Trinajstić information content (AvgIpc) is 2.29. The molecule has 6 heteroatoms. The molecule has 0 saturated heterocycles. The van der Waals surface area contributed by atoms with Gasteiger partial charge in [0.1, 0.15) is 11.6 Å². The molecular formula is C12H10ClF2N3. The monoisotopic (exact) mass is 269 g/mol. The van der Waals surface area contributed by atoms with Crippen LogP contribution < -0.4 is 11.1 Å². The highest BCUT2D eigenvalue weighted by Gasteiger charge is 2.09. The lowest BCUT2D eigenvalue weighted by Crippen LogP contribution is -2.01. The number of hydrogen-bond acceptors (Lipinski definition) is 3. The lowest BCUT2D eigenvalue weighted by molar-refractivity contribution is 0.595. The second-order valence-electron chi connectivity index (χ2n) is 3.80. The third-order valence-corrected chi connectivity index (χ3v) is 2.59. The Kier molecular flexibility index (Phi) is 3.34. The van der Waals surface area contributed by atoms with E-state index in [2.05, 4.69) is 10.3 Å². The molecule has 2 rings (SSSR count). The van der Waals surface area contributed by atoms with E-state index in [1.807, 2.05) is 0 Å². The van der Waals surface area contributed by atoms with Crippen LogP contribution in [0.3, 0.4) is 0 Å². The maximum Gasteiger partial charge on any atom is 0.153 e. The molecule has 1 heterocycles. The van der Waals surface area contributed by atoms with Crippen LogP contribution in [0.2, 0.25) is 5.02 Å². The molecule has 1 aromatic heterocycles. The number of hydrogen-bond donors (Lipinski definition) is 2. The number of nitrogens with zero attached hydrogens (tertiary/aromatic N) is 1. The Bertz CT molecular complexity index is 602. The van der Waals surface area contributed by atoms with Crippen molar-refractivity contribution in [3.05, 3.63) is 46.6 Å². The van der Waals surface area contributed by atoms with Crippen LogP contribution in [0.15, 0.2) is 24.4 Å². The van der Waals surface area contributed by atoms with Gasteiger partial charge in [-0.2, -0.15) is 0 Å². The molecule has 0 spiro atoms. The highest BCUT2D eigenvalue weighted by molar-refractivity contribution is 6.30. The molecule has 0 saturated carbocycles. The van der Waals surface area contributed by atoms with Gasteiger partial charge in [0.25, 0.3) is 0 Å². The van der Waals surface area contributed by atoms with Gasteiger partial charge in [-0.05, 0) is 24.6 Å². The Hall–Kier alpha value is -1.88. The van der Waals surface area contributed by atoms with Crippen molar-refractivity contribution >= 4 is 28.8 Å². The number of halogens is 3. The van der Waals surface area contributed by atoms with Gasteiger partial charge in [-0.1, -0.05) is 11.6 Å². The lowest BCUT2D eigenvalue weighted by atomic mass is 10.2. The second kappa shape index (κ2) is 4.78. The zero-order valence-corrected chi connectivity index (χ0v) is 10.2. The van der Waals surface area contributed by atoms with Gasteiger partial charge >= 0.3 is 0 Å². The van der Waals surface area contributed by atoms with E-state index >= 15 is 0 Å². The van der Waals surface area contributed by atoms with Gasteiger partial charge in [0.2, 0.25) is 0 Å². The number of aryl methyl sites for hydroxylation is 1. The molecule has 0 fully saturated rings. The summed E-state index contributed by atoms with van der Waals surface area (Å²) in [6.45, 7) is 1.48. The maximum atomic E-state index is 13.6. The Balaban J connectivity index is 2.37. The third kappa shape index (κ3) is 2.51. The van der Waals surface area contributed by atoms with Gasteiger partial charge < -0.3 is 11.1 Å². The fraction of sp³-hybridized carbons (Fsp3) is 0.0833.